The van der Waals surface area contributed by atoms with E-state index in [4.69, 9.17) is 11.6 Å². The highest BCUT2D eigenvalue weighted by molar-refractivity contribution is 9.10. The molecule has 18 heavy (non-hydrogen) atoms. The molecule has 94 valence electrons. The molecular weight excluding hydrogens is 321 g/mol. The molecule has 0 aliphatic heterocycles. The van der Waals surface area contributed by atoms with Gasteiger partial charge in [0.15, 0.2) is 0 Å². The fourth-order valence-electron chi connectivity index (χ4n) is 1.62. The summed E-state index contributed by atoms with van der Waals surface area (Å²) in [6.07, 6.45) is 0. The molecule has 1 aromatic heterocycles. The number of aromatic nitrogens is 2. The highest BCUT2D eigenvalue weighted by Crippen LogP contribution is 2.28. The SMILES string of the molecule is Cc1nn(Cc2ccc(Br)cc2)c(Cl)c1[N+](=O)[O-]. The highest BCUT2D eigenvalue weighted by atomic mass is 79.9. The van der Waals surface area contributed by atoms with E-state index in [0.29, 0.717) is 12.2 Å². The van der Waals surface area contributed by atoms with Crippen LogP contribution in [0.4, 0.5) is 5.69 Å². The van der Waals surface area contributed by atoms with Crippen molar-refractivity contribution >= 4 is 33.2 Å². The van der Waals surface area contributed by atoms with Crippen LogP contribution in [-0.4, -0.2) is 14.7 Å². The molecule has 2 aromatic rings. The number of benzene rings is 1. The van der Waals surface area contributed by atoms with E-state index in [2.05, 4.69) is 21.0 Å². The number of hydrogen-bond acceptors (Lipinski definition) is 3. The van der Waals surface area contributed by atoms with Crippen molar-refractivity contribution in [1.82, 2.24) is 9.78 Å². The minimum absolute atomic E-state index is 0.0559. The molecule has 0 aliphatic carbocycles. The largest absolute Gasteiger partial charge is 0.328 e. The van der Waals surface area contributed by atoms with Crippen LogP contribution in [0.2, 0.25) is 5.15 Å². The zero-order valence-electron chi connectivity index (χ0n) is 9.43. The van der Waals surface area contributed by atoms with Crippen molar-refractivity contribution in [2.24, 2.45) is 0 Å². The van der Waals surface area contributed by atoms with Crippen LogP contribution >= 0.6 is 27.5 Å². The third-order valence-electron chi connectivity index (χ3n) is 2.46. The van der Waals surface area contributed by atoms with Crippen molar-refractivity contribution in [2.75, 3.05) is 0 Å². The number of aryl methyl sites for hydroxylation is 1. The van der Waals surface area contributed by atoms with Gasteiger partial charge in [0.1, 0.15) is 5.69 Å². The Morgan fingerprint density at radius 3 is 2.56 bits per heavy atom. The Kier molecular flexibility index (Phi) is 3.68. The fraction of sp³-hybridized carbons (Fsp3) is 0.182. The first-order valence-corrected chi connectivity index (χ1v) is 6.28. The maximum absolute atomic E-state index is 10.8. The lowest BCUT2D eigenvalue weighted by molar-refractivity contribution is -0.385. The number of nitrogens with zero attached hydrogens (tertiary/aromatic N) is 3. The molecule has 0 atom stereocenters. The molecule has 1 heterocycles. The molecule has 0 unspecified atom stereocenters. The predicted molar refractivity (Wildman–Crippen MR) is 71.9 cm³/mol. The Labute approximate surface area is 117 Å². The molecule has 5 nitrogen and oxygen atoms in total. The first kappa shape index (κ1) is 13.0. The predicted octanol–water partition coefficient (Wildman–Crippen LogP) is 3.56. The van der Waals surface area contributed by atoms with Crippen LogP contribution in [-0.2, 0) is 6.54 Å². The maximum atomic E-state index is 10.8. The lowest BCUT2D eigenvalue weighted by Crippen LogP contribution is -2.02. The Balaban J connectivity index is 2.33. The summed E-state index contributed by atoms with van der Waals surface area (Å²) in [4.78, 5) is 10.3. The third-order valence-corrected chi connectivity index (χ3v) is 3.37. The summed E-state index contributed by atoms with van der Waals surface area (Å²) in [6, 6.07) is 7.61. The molecule has 0 radical (unpaired) electrons. The molecule has 0 fully saturated rings. The van der Waals surface area contributed by atoms with Crippen LogP contribution in [0.5, 0.6) is 0 Å². The van der Waals surface area contributed by atoms with Crippen LogP contribution in [0.25, 0.3) is 0 Å². The molecule has 2 rings (SSSR count). The molecular formula is C11H9BrClN3O2. The normalized spacial score (nSPS) is 10.6. The topological polar surface area (TPSA) is 61.0 Å². The number of halogens is 2. The Hall–Kier alpha value is -1.40. The Bertz CT molecular complexity index is 595. The van der Waals surface area contributed by atoms with Crippen molar-refractivity contribution in [1.29, 1.82) is 0 Å². The molecule has 0 bridgehead atoms. The van der Waals surface area contributed by atoms with Gasteiger partial charge in [-0.3, -0.25) is 10.1 Å². The monoisotopic (exact) mass is 329 g/mol. The maximum Gasteiger partial charge on any atom is 0.328 e. The van der Waals surface area contributed by atoms with E-state index < -0.39 is 4.92 Å². The van der Waals surface area contributed by atoms with E-state index in [1.54, 1.807) is 6.92 Å². The van der Waals surface area contributed by atoms with Crippen molar-refractivity contribution in [3.05, 3.63) is 55.3 Å². The zero-order valence-corrected chi connectivity index (χ0v) is 11.8. The van der Waals surface area contributed by atoms with Gasteiger partial charge in [-0.05, 0) is 24.6 Å². The summed E-state index contributed by atoms with van der Waals surface area (Å²) in [6.45, 7) is 1.98. The summed E-state index contributed by atoms with van der Waals surface area (Å²) in [5.41, 5.74) is 1.16. The zero-order chi connectivity index (χ0) is 13.3. The molecule has 0 saturated heterocycles. The van der Waals surface area contributed by atoms with Crippen molar-refractivity contribution < 1.29 is 4.92 Å². The third kappa shape index (κ3) is 2.54. The number of hydrogen-bond donors (Lipinski definition) is 0. The quantitative estimate of drug-likeness (QED) is 0.638. The Morgan fingerprint density at radius 2 is 2.06 bits per heavy atom. The van der Waals surface area contributed by atoms with E-state index in [1.165, 1.54) is 4.68 Å². The van der Waals surface area contributed by atoms with Gasteiger partial charge in [0.25, 0.3) is 0 Å². The molecule has 0 saturated carbocycles. The number of rotatable bonds is 3. The average Bonchev–Trinajstić information content (AvgIpc) is 2.57. The van der Waals surface area contributed by atoms with Gasteiger partial charge in [0, 0.05) is 4.47 Å². The van der Waals surface area contributed by atoms with E-state index in [1.807, 2.05) is 24.3 Å². The Morgan fingerprint density at radius 1 is 1.44 bits per heavy atom. The van der Waals surface area contributed by atoms with Crippen molar-refractivity contribution in [3.63, 3.8) is 0 Å². The molecule has 0 amide bonds. The van der Waals surface area contributed by atoms with Gasteiger partial charge in [0.2, 0.25) is 5.15 Å². The minimum Gasteiger partial charge on any atom is -0.258 e. The fourth-order valence-corrected chi connectivity index (χ4v) is 2.19. The molecule has 0 N–H and O–H groups in total. The van der Waals surface area contributed by atoms with Gasteiger partial charge in [-0.1, -0.05) is 39.7 Å². The van der Waals surface area contributed by atoms with Gasteiger partial charge < -0.3 is 0 Å². The smallest absolute Gasteiger partial charge is 0.258 e. The number of nitro groups is 1. The van der Waals surface area contributed by atoms with Crippen LogP contribution in [0.3, 0.4) is 0 Å². The second-order valence-electron chi connectivity index (χ2n) is 3.77. The summed E-state index contributed by atoms with van der Waals surface area (Å²) in [7, 11) is 0. The van der Waals surface area contributed by atoms with Crippen molar-refractivity contribution in [2.45, 2.75) is 13.5 Å². The van der Waals surface area contributed by atoms with Crippen LogP contribution in [0.1, 0.15) is 11.3 Å². The van der Waals surface area contributed by atoms with Gasteiger partial charge >= 0.3 is 5.69 Å². The second kappa shape index (κ2) is 5.07. The average molecular weight is 331 g/mol. The van der Waals surface area contributed by atoms with E-state index in [9.17, 15) is 10.1 Å². The van der Waals surface area contributed by atoms with Crippen molar-refractivity contribution in [3.8, 4) is 0 Å². The summed E-state index contributed by atoms with van der Waals surface area (Å²) < 4.78 is 2.40. The summed E-state index contributed by atoms with van der Waals surface area (Å²) in [5.74, 6) is 0. The first-order chi connectivity index (χ1) is 8.49. The first-order valence-electron chi connectivity index (χ1n) is 5.11. The molecule has 7 heteroatoms. The van der Waals surface area contributed by atoms with Gasteiger partial charge in [-0.25, -0.2) is 4.68 Å². The van der Waals surface area contributed by atoms with Crippen LogP contribution in [0.15, 0.2) is 28.7 Å². The van der Waals surface area contributed by atoms with Gasteiger partial charge in [0.05, 0.1) is 11.5 Å². The summed E-state index contributed by atoms with van der Waals surface area (Å²) >= 11 is 9.30. The molecule has 1 aromatic carbocycles. The van der Waals surface area contributed by atoms with E-state index in [0.717, 1.165) is 10.0 Å². The molecule has 0 aliphatic rings. The summed E-state index contributed by atoms with van der Waals surface area (Å²) in [5, 5.41) is 15.0. The lowest BCUT2D eigenvalue weighted by Gasteiger charge is -2.02. The van der Waals surface area contributed by atoms with Crippen LogP contribution in [0, 0.1) is 17.0 Å². The standard InChI is InChI=1S/C11H9BrClN3O2/c1-7-10(16(17)18)11(13)15(14-7)6-8-2-4-9(12)5-3-8/h2-5H,6H2,1H3. The van der Waals surface area contributed by atoms with Crippen LogP contribution < -0.4 is 0 Å². The van der Waals surface area contributed by atoms with Gasteiger partial charge in [-0.2, -0.15) is 5.10 Å². The lowest BCUT2D eigenvalue weighted by atomic mass is 10.2. The van der Waals surface area contributed by atoms with E-state index >= 15 is 0 Å². The molecule has 0 spiro atoms. The van der Waals surface area contributed by atoms with Gasteiger partial charge in [-0.15, -0.1) is 0 Å². The van der Waals surface area contributed by atoms with E-state index in [-0.39, 0.29) is 10.8 Å². The highest BCUT2D eigenvalue weighted by Gasteiger charge is 2.23. The second-order valence-corrected chi connectivity index (χ2v) is 5.04. The minimum atomic E-state index is -0.511.